The second-order valence-corrected chi connectivity index (χ2v) is 29.8. The van der Waals surface area contributed by atoms with E-state index < -0.39 is 156 Å². The van der Waals surface area contributed by atoms with Gasteiger partial charge in [0.1, 0.15) is 98.7 Å². The summed E-state index contributed by atoms with van der Waals surface area (Å²) in [7, 11) is -5.70. The van der Waals surface area contributed by atoms with E-state index in [4.69, 9.17) is 42.2 Å². The third kappa shape index (κ3) is 40.3. The minimum atomic E-state index is -5.70. The minimum absolute atomic E-state index is 0.0236. The monoisotopic (exact) mass is 1470 g/mol. The van der Waals surface area contributed by atoms with Crippen LogP contribution in [0.1, 0.15) is 310 Å². The van der Waals surface area contributed by atoms with E-state index in [0.29, 0.717) is 19.3 Å². The summed E-state index contributed by atoms with van der Waals surface area (Å²) in [4.78, 5) is 51.1. The van der Waals surface area contributed by atoms with Gasteiger partial charge in [-0.15, -0.1) is 0 Å². The first-order valence-electron chi connectivity index (χ1n) is 39.6. The summed E-state index contributed by atoms with van der Waals surface area (Å²) in [6.07, 6.45) is 19.3. The Morgan fingerprint density at radius 1 is 0.376 bits per heavy atom. The van der Waals surface area contributed by atoms with Gasteiger partial charge in [-0.2, -0.15) is 0 Å². The van der Waals surface area contributed by atoms with Gasteiger partial charge < -0.3 is 89.1 Å². The van der Waals surface area contributed by atoms with Crippen LogP contribution in [0.4, 0.5) is 0 Å². The van der Waals surface area contributed by atoms with Crippen molar-refractivity contribution in [3.8, 4) is 0 Å². The first-order chi connectivity index (χ1) is 48.8. The molecule has 1 aliphatic carbocycles. The van der Waals surface area contributed by atoms with Crippen molar-refractivity contribution < 1.29 is 117 Å². The molecule has 24 nitrogen and oxygen atoms in total. The SMILES string of the molecule is CCCCCC/C=C\CCCCCCCCCC(=O)OCC1OC(OC2C(O)C(O)C(O)C(OC3OC(CO)C(O)C(O)C3O)C2OP(=O)(O)OCC(COC(=O)CCCCCCCCCCCCCCCCCC)OC(=O)CCCCCCCCC/C=C\CCCCCC)C(O)C(O)C1O. The van der Waals surface area contributed by atoms with Gasteiger partial charge in [0, 0.05) is 19.3 Å². The molecule has 101 heavy (non-hydrogen) atoms. The van der Waals surface area contributed by atoms with Crippen molar-refractivity contribution in [2.24, 2.45) is 0 Å². The number of unbranched alkanes of at least 4 members (excludes halogenated alkanes) is 37. The second-order valence-electron chi connectivity index (χ2n) is 28.4. The Hall–Kier alpha value is -2.56. The Labute approximate surface area is 605 Å². The van der Waals surface area contributed by atoms with E-state index in [0.717, 1.165) is 128 Å². The van der Waals surface area contributed by atoms with Gasteiger partial charge in [-0.1, -0.05) is 244 Å². The van der Waals surface area contributed by atoms with E-state index in [2.05, 4.69) is 45.1 Å². The maximum atomic E-state index is 14.4. The molecule has 2 aliphatic heterocycles. The number of hydrogen-bond acceptors (Lipinski definition) is 23. The Balaban J connectivity index is 1.71. The standard InChI is InChI=1S/C76H139O24P/c1-4-7-10-13-16-19-22-25-28-31-33-35-38-41-44-47-50-60(78)92-54-57(95-62(80)52-49-46-43-40-37-34-30-27-24-21-18-15-12-9-6-3)55-94-101(90,91)100-74-72(98-75-70(88)65(83)63(81)58(53-77)96-75)68(86)67(85)69(87)73(74)99-76-71(89)66(84)64(82)59(97-76)56-93-61(79)51-48-45-42-39-36-32-29-26-23-20-17-14-11-8-5-2/h20-21,23-24,57-59,63-77,81-89H,4-19,22,25-56H2,1-3H3,(H,90,91)/b23-20-,24-21-. The van der Waals surface area contributed by atoms with Crippen LogP contribution < -0.4 is 0 Å². The topological polar surface area (TPSA) is 374 Å². The molecule has 25 heteroatoms. The molecule has 592 valence electrons. The molecule has 0 amide bonds. The summed E-state index contributed by atoms with van der Waals surface area (Å²) in [5.74, 6) is -1.99. The number of esters is 3. The van der Waals surface area contributed by atoms with Gasteiger partial charge in [0.15, 0.2) is 18.7 Å². The van der Waals surface area contributed by atoms with Crippen molar-refractivity contribution in [2.45, 2.75) is 414 Å². The molecule has 0 aromatic heterocycles. The number of allylic oxidation sites excluding steroid dienone is 4. The fourth-order valence-electron chi connectivity index (χ4n) is 13.0. The fourth-order valence-corrected chi connectivity index (χ4v) is 13.9. The van der Waals surface area contributed by atoms with Crippen molar-refractivity contribution in [3.63, 3.8) is 0 Å². The Morgan fingerprint density at radius 3 is 1.08 bits per heavy atom. The zero-order valence-corrected chi connectivity index (χ0v) is 62.8. The van der Waals surface area contributed by atoms with Crippen LogP contribution >= 0.6 is 7.82 Å². The highest BCUT2D eigenvalue weighted by Gasteiger charge is 2.58. The maximum absolute atomic E-state index is 14.4. The zero-order valence-electron chi connectivity index (χ0n) is 61.9. The molecule has 0 aromatic carbocycles. The number of carbonyl (C=O) groups excluding carboxylic acids is 3. The zero-order chi connectivity index (χ0) is 73.9. The van der Waals surface area contributed by atoms with Crippen LogP contribution in [0.5, 0.6) is 0 Å². The van der Waals surface area contributed by atoms with Gasteiger partial charge in [0.05, 0.1) is 13.2 Å². The van der Waals surface area contributed by atoms with Crippen LogP contribution in [-0.2, 0) is 61.2 Å². The fraction of sp³-hybridized carbons (Fsp3) is 0.908. The molecule has 1 saturated carbocycles. The lowest BCUT2D eigenvalue weighted by Gasteiger charge is -2.49. The van der Waals surface area contributed by atoms with E-state index in [1.165, 1.54) is 122 Å². The molecule has 2 saturated heterocycles. The summed E-state index contributed by atoms with van der Waals surface area (Å²) in [5, 5.41) is 110. The normalized spacial score (nSPS) is 27.3. The molecular formula is C76H139O24P. The first kappa shape index (κ1) is 92.6. The highest BCUT2D eigenvalue weighted by molar-refractivity contribution is 7.47. The number of phosphoric acid groups is 1. The van der Waals surface area contributed by atoms with E-state index in [1.54, 1.807) is 0 Å². The van der Waals surface area contributed by atoms with Crippen LogP contribution in [0.2, 0.25) is 0 Å². The highest BCUT2D eigenvalue weighted by Crippen LogP contribution is 2.49. The molecule has 18 atom stereocenters. The van der Waals surface area contributed by atoms with Gasteiger partial charge in [-0.05, 0) is 70.6 Å². The molecule has 11 N–H and O–H groups in total. The van der Waals surface area contributed by atoms with E-state index in [1.807, 2.05) is 0 Å². The minimum Gasteiger partial charge on any atom is -0.463 e. The van der Waals surface area contributed by atoms with Crippen LogP contribution in [0.3, 0.4) is 0 Å². The molecule has 0 aromatic rings. The summed E-state index contributed by atoms with van der Waals surface area (Å²) in [6, 6.07) is 0. The molecule has 0 spiro atoms. The van der Waals surface area contributed by atoms with Gasteiger partial charge in [0.2, 0.25) is 0 Å². The molecule has 0 bridgehead atoms. The van der Waals surface area contributed by atoms with Crippen molar-refractivity contribution in [1.82, 2.24) is 0 Å². The number of carbonyl (C=O) groups is 3. The second kappa shape index (κ2) is 57.6. The number of hydrogen-bond donors (Lipinski definition) is 11. The van der Waals surface area contributed by atoms with Gasteiger partial charge in [-0.3, -0.25) is 23.4 Å². The lowest BCUT2D eigenvalue weighted by molar-refractivity contribution is -0.360. The average molecular weight is 1470 g/mol. The Bertz CT molecular complexity index is 2180. The van der Waals surface area contributed by atoms with Crippen LogP contribution in [-0.4, -0.2) is 204 Å². The number of phosphoric ester groups is 1. The molecular weight excluding hydrogens is 1330 g/mol. The van der Waals surface area contributed by atoms with Gasteiger partial charge in [0.25, 0.3) is 0 Å². The lowest BCUT2D eigenvalue weighted by atomic mass is 9.84. The average Bonchev–Trinajstić information content (AvgIpc) is 0.762. The third-order valence-corrected chi connectivity index (χ3v) is 20.4. The first-order valence-corrected chi connectivity index (χ1v) is 41.1. The molecule has 2 heterocycles. The molecule has 0 radical (unpaired) electrons. The summed E-state index contributed by atoms with van der Waals surface area (Å²) in [6.45, 7) is 3.45. The van der Waals surface area contributed by atoms with Crippen molar-refractivity contribution in [3.05, 3.63) is 24.3 Å². The summed E-state index contributed by atoms with van der Waals surface area (Å²) < 4.78 is 65.1. The predicted molar refractivity (Wildman–Crippen MR) is 384 cm³/mol. The maximum Gasteiger partial charge on any atom is 0.472 e. The van der Waals surface area contributed by atoms with Gasteiger partial charge in [-0.25, -0.2) is 4.57 Å². The van der Waals surface area contributed by atoms with Crippen molar-refractivity contribution in [2.75, 3.05) is 26.4 Å². The third-order valence-electron chi connectivity index (χ3n) is 19.5. The number of rotatable bonds is 62. The van der Waals surface area contributed by atoms with Crippen LogP contribution in [0.25, 0.3) is 0 Å². The largest absolute Gasteiger partial charge is 0.472 e. The summed E-state index contributed by atoms with van der Waals surface area (Å²) >= 11 is 0. The smallest absolute Gasteiger partial charge is 0.463 e. The lowest BCUT2D eigenvalue weighted by Crippen LogP contribution is -2.69. The van der Waals surface area contributed by atoms with Crippen molar-refractivity contribution in [1.29, 1.82) is 0 Å². The number of aliphatic hydroxyl groups is 10. The van der Waals surface area contributed by atoms with Gasteiger partial charge >= 0.3 is 25.7 Å². The molecule has 3 rings (SSSR count). The number of aliphatic hydroxyl groups excluding tert-OH is 10. The van der Waals surface area contributed by atoms with E-state index in [-0.39, 0.29) is 19.3 Å². The van der Waals surface area contributed by atoms with Crippen LogP contribution in [0, 0.1) is 0 Å². The summed E-state index contributed by atoms with van der Waals surface area (Å²) in [5.41, 5.74) is 0. The predicted octanol–water partition coefficient (Wildman–Crippen LogP) is 11.7. The molecule has 18 unspecified atom stereocenters. The highest BCUT2D eigenvalue weighted by atomic mass is 31.2. The van der Waals surface area contributed by atoms with Crippen LogP contribution in [0.15, 0.2) is 24.3 Å². The van der Waals surface area contributed by atoms with E-state index >= 15 is 0 Å². The Morgan fingerprint density at radius 2 is 0.693 bits per heavy atom. The Kier molecular flexibility index (Phi) is 52.8. The molecule has 3 fully saturated rings. The molecule has 3 aliphatic rings. The van der Waals surface area contributed by atoms with E-state index in [9.17, 15) is 74.9 Å². The van der Waals surface area contributed by atoms with Crippen molar-refractivity contribution >= 4 is 25.7 Å². The number of ether oxygens (including phenoxy) is 7. The quantitative estimate of drug-likeness (QED) is 0.00886.